The molecule has 0 spiro atoms. The van der Waals surface area contributed by atoms with Gasteiger partial charge in [0.1, 0.15) is 9.45 Å². The number of halogens is 4. The number of hydrogen-bond acceptors (Lipinski definition) is 3. The van der Waals surface area contributed by atoms with Gasteiger partial charge < -0.3 is 4.74 Å². The quantitative estimate of drug-likeness (QED) is 0.608. The number of alkyl halides is 3. The fraction of sp³-hybridized carbons (Fsp3) is 0.0769. The lowest BCUT2D eigenvalue weighted by Gasteiger charge is -2.09. The zero-order chi connectivity index (χ0) is 15.0. The zero-order valence-corrected chi connectivity index (χ0v) is 12.5. The van der Waals surface area contributed by atoms with Crippen LogP contribution in [0.5, 0.6) is 5.75 Å². The van der Waals surface area contributed by atoms with Gasteiger partial charge in [0.05, 0.1) is 6.20 Å². The SMILES string of the molecule is FC(F)(F)Oc1ccc(-c2cnc3ncc(I)n3c2)cc1. The van der Waals surface area contributed by atoms with E-state index in [9.17, 15) is 13.2 Å². The first kappa shape index (κ1) is 14.1. The Morgan fingerprint density at radius 3 is 2.33 bits per heavy atom. The summed E-state index contributed by atoms with van der Waals surface area (Å²) in [5, 5.41) is 0. The molecular weight excluding hydrogens is 398 g/mol. The van der Waals surface area contributed by atoms with Crippen molar-refractivity contribution in [1.82, 2.24) is 14.4 Å². The number of imidazole rings is 1. The second-order valence-corrected chi connectivity index (χ2v) is 5.27. The van der Waals surface area contributed by atoms with Gasteiger partial charge in [-0.15, -0.1) is 13.2 Å². The third-order valence-corrected chi connectivity index (χ3v) is 3.54. The maximum Gasteiger partial charge on any atom is 0.573 e. The molecule has 0 fully saturated rings. The van der Waals surface area contributed by atoms with E-state index < -0.39 is 6.36 Å². The number of nitrogens with zero attached hydrogens (tertiary/aromatic N) is 3. The van der Waals surface area contributed by atoms with Crippen LogP contribution in [0.1, 0.15) is 0 Å². The summed E-state index contributed by atoms with van der Waals surface area (Å²) in [6, 6.07) is 5.64. The van der Waals surface area contributed by atoms with Crippen LogP contribution in [-0.2, 0) is 0 Å². The fourth-order valence-electron chi connectivity index (χ4n) is 1.84. The van der Waals surface area contributed by atoms with E-state index in [-0.39, 0.29) is 5.75 Å². The molecule has 3 aromatic rings. The van der Waals surface area contributed by atoms with Crippen LogP contribution in [-0.4, -0.2) is 20.7 Å². The molecule has 8 heteroatoms. The highest BCUT2D eigenvalue weighted by Crippen LogP contribution is 2.26. The van der Waals surface area contributed by atoms with Gasteiger partial charge in [0, 0.05) is 18.0 Å². The van der Waals surface area contributed by atoms with E-state index >= 15 is 0 Å². The molecule has 108 valence electrons. The van der Waals surface area contributed by atoms with Gasteiger partial charge in [-0.05, 0) is 40.3 Å². The predicted octanol–water partition coefficient (Wildman–Crippen LogP) is 3.90. The monoisotopic (exact) mass is 405 g/mol. The zero-order valence-electron chi connectivity index (χ0n) is 10.3. The summed E-state index contributed by atoms with van der Waals surface area (Å²) in [7, 11) is 0. The van der Waals surface area contributed by atoms with Crippen molar-refractivity contribution in [2.75, 3.05) is 0 Å². The maximum absolute atomic E-state index is 12.1. The van der Waals surface area contributed by atoms with Gasteiger partial charge >= 0.3 is 6.36 Å². The average molecular weight is 405 g/mol. The molecule has 0 saturated carbocycles. The molecule has 0 amide bonds. The van der Waals surface area contributed by atoms with Gasteiger partial charge in [-0.25, -0.2) is 9.97 Å². The lowest BCUT2D eigenvalue weighted by molar-refractivity contribution is -0.274. The summed E-state index contributed by atoms with van der Waals surface area (Å²) in [6.45, 7) is 0. The van der Waals surface area contributed by atoms with E-state index in [1.54, 1.807) is 28.9 Å². The average Bonchev–Trinajstić information content (AvgIpc) is 2.79. The number of benzene rings is 1. The normalized spacial score (nSPS) is 11.8. The van der Waals surface area contributed by atoms with Gasteiger partial charge in [-0.2, -0.15) is 0 Å². The van der Waals surface area contributed by atoms with Crippen LogP contribution in [0, 0.1) is 3.70 Å². The second-order valence-electron chi connectivity index (χ2n) is 4.17. The molecule has 0 atom stereocenters. The minimum atomic E-state index is -4.69. The molecule has 0 aliphatic carbocycles. The maximum atomic E-state index is 12.1. The Hall–Kier alpha value is -1.84. The van der Waals surface area contributed by atoms with Crippen molar-refractivity contribution in [2.45, 2.75) is 6.36 Å². The van der Waals surface area contributed by atoms with Gasteiger partial charge in [0.25, 0.3) is 0 Å². The highest BCUT2D eigenvalue weighted by molar-refractivity contribution is 14.1. The highest BCUT2D eigenvalue weighted by atomic mass is 127. The number of ether oxygens (including phenoxy) is 1. The van der Waals surface area contributed by atoms with Crippen molar-refractivity contribution in [1.29, 1.82) is 0 Å². The molecule has 3 rings (SSSR count). The van der Waals surface area contributed by atoms with Gasteiger partial charge in [0.15, 0.2) is 0 Å². The lowest BCUT2D eigenvalue weighted by Crippen LogP contribution is -2.16. The van der Waals surface area contributed by atoms with E-state index in [4.69, 9.17) is 0 Å². The molecule has 0 radical (unpaired) electrons. The Kier molecular flexibility index (Phi) is 3.47. The summed E-state index contributed by atoms with van der Waals surface area (Å²) in [6.07, 6.45) is 0.455. The van der Waals surface area contributed by atoms with Crippen LogP contribution in [0.2, 0.25) is 0 Å². The Morgan fingerprint density at radius 1 is 1.00 bits per heavy atom. The largest absolute Gasteiger partial charge is 0.573 e. The smallest absolute Gasteiger partial charge is 0.406 e. The number of aromatic nitrogens is 3. The standard InChI is InChI=1S/C13H7F3IN3O/c14-13(15,16)21-10-3-1-8(2-4-10)9-5-18-12-19-6-11(17)20(12)7-9/h1-7H. The molecule has 21 heavy (non-hydrogen) atoms. The Morgan fingerprint density at radius 2 is 1.67 bits per heavy atom. The topological polar surface area (TPSA) is 39.4 Å². The van der Waals surface area contributed by atoms with Crippen LogP contribution >= 0.6 is 22.6 Å². The van der Waals surface area contributed by atoms with Crippen molar-refractivity contribution in [3.05, 3.63) is 46.6 Å². The lowest BCUT2D eigenvalue weighted by atomic mass is 10.1. The van der Waals surface area contributed by atoms with E-state index in [2.05, 4.69) is 37.3 Å². The molecule has 0 bridgehead atoms. The van der Waals surface area contributed by atoms with Gasteiger partial charge in [0.2, 0.25) is 5.78 Å². The fourth-order valence-corrected chi connectivity index (χ4v) is 2.34. The Labute approximate surface area is 130 Å². The molecule has 2 heterocycles. The van der Waals surface area contributed by atoms with Crippen LogP contribution in [0.15, 0.2) is 42.9 Å². The predicted molar refractivity (Wildman–Crippen MR) is 77.8 cm³/mol. The summed E-state index contributed by atoms with van der Waals surface area (Å²) >= 11 is 2.12. The summed E-state index contributed by atoms with van der Waals surface area (Å²) in [4.78, 5) is 8.30. The second kappa shape index (κ2) is 5.17. The molecule has 0 N–H and O–H groups in total. The first-order chi connectivity index (χ1) is 9.92. The van der Waals surface area contributed by atoms with E-state index in [0.29, 0.717) is 5.78 Å². The molecule has 0 unspecified atom stereocenters. The first-order valence-electron chi connectivity index (χ1n) is 5.77. The van der Waals surface area contributed by atoms with Crippen LogP contribution < -0.4 is 4.74 Å². The van der Waals surface area contributed by atoms with Crippen molar-refractivity contribution in [3.63, 3.8) is 0 Å². The Bertz CT molecular complexity index is 783. The van der Waals surface area contributed by atoms with Crippen molar-refractivity contribution < 1.29 is 17.9 Å². The third-order valence-electron chi connectivity index (χ3n) is 2.74. The molecule has 1 aromatic carbocycles. The summed E-state index contributed by atoms with van der Waals surface area (Å²) in [5.41, 5.74) is 1.51. The number of rotatable bonds is 2. The molecule has 4 nitrogen and oxygen atoms in total. The van der Waals surface area contributed by atoms with Crippen molar-refractivity contribution in [3.8, 4) is 16.9 Å². The molecule has 0 aliphatic rings. The molecular formula is C13H7F3IN3O. The van der Waals surface area contributed by atoms with E-state index in [1.807, 2.05) is 6.20 Å². The summed E-state index contributed by atoms with van der Waals surface area (Å²) < 4.78 is 42.9. The first-order valence-corrected chi connectivity index (χ1v) is 6.85. The van der Waals surface area contributed by atoms with E-state index in [0.717, 1.165) is 14.8 Å². The Balaban J connectivity index is 1.93. The molecule has 0 aliphatic heterocycles. The minimum Gasteiger partial charge on any atom is -0.406 e. The van der Waals surface area contributed by atoms with Crippen LogP contribution in [0.25, 0.3) is 16.9 Å². The van der Waals surface area contributed by atoms with E-state index in [1.165, 1.54) is 12.1 Å². The number of fused-ring (bicyclic) bond motifs is 1. The molecule has 2 aromatic heterocycles. The highest BCUT2D eigenvalue weighted by Gasteiger charge is 2.30. The minimum absolute atomic E-state index is 0.252. The van der Waals surface area contributed by atoms with Crippen molar-refractivity contribution >= 4 is 28.4 Å². The van der Waals surface area contributed by atoms with Gasteiger partial charge in [-0.1, -0.05) is 12.1 Å². The number of hydrogen-bond donors (Lipinski definition) is 0. The van der Waals surface area contributed by atoms with Crippen LogP contribution in [0.4, 0.5) is 13.2 Å². The molecule has 0 saturated heterocycles. The van der Waals surface area contributed by atoms with Crippen molar-refractivity contribution in [2.24, 2.45) is 0 Å². The van der Waals surface area contributed by atoms with Gasteiger partial charge in [-0.3, -0.25) is 4.40 Å². The van der Waals surface area contributed by atoms with Crippen LogP contribution in [0.3, 0.4) is 0 Å². The summed E-state index contributed by atoms with van der Waals surface area (Å²) in [5.74, 6) is 0.317. The third kappa shape index (κ3) is 3.09.